The van der Waals surface area contributed by atoms with Crippen molar-refractivity contribution in [3.05, 3.63) is 35.0 Å². The van der Waals surface area contributed by atoms with E-state index in [-0.39, 0.29) is 11.7 Å². The van der Waals surface area contributed by atoms with Gasteiger partial charge in [0, 0.05) is 10.4 Å². The van der Waals surface area contributed by atoms with E-state index in [4.69, 9.17) is 11.6 Å². The number of rotatable bonds is 1. The van der Waals surface area contributed by atoms with Crippen molar-refractivity contribution in [2.45, 2.75) is 19.8 Å². The largest absolute Gasteiger partial charge is 0.506 e. The van der Waals surface area contributed by atoms with E-state index in [9.17, 15) is 5.11 Å². The minimum atomic E-state index is 0.202. The van der Waals surface area contributed by atoms with Crippen molar-refractivity contribution < 1.29 is 5.11 Å². The third-order valence-corrected chi connectivity index (χ3v) is 2.57. The summed E-state index contributed by atoms with van der Waals surface area (Å²) < 4.78 is 0. The average Bonchev–Trinajstić information content (AvgIpc) is 2.17. The molecular formula is C12H12ClNO. The van der Waals surface area contributed by atoms with Crippen LogP contribution in [0.4, 0.5) is 0 Å². The molecule has 3 heteroatoms. The fourth-order valence-corrected chi connectivity index (χ4v) is 1.74. The van der Waals surface area contributed by atoms with E-state index in [0.29, 0.717) is 10.7 Å². The Labute approximate surface area is 93.5 Å². The quantitative estimate of drug-likeness (QED) is 0.796. The zero-order valence-electron chi connectivity index (χ0n) is 8.66. The molecule has 0 aliphatic rings. The number of halogens is 1. The van der Waals surface area contributed by atoms with Crippen LogP contribution in [0.25, 0.3) is 10.9 Å². The van der Waals surface area contributed by atoms with Crippen molar-refractivity contribution in [1.82, 2.24) is 4.98 Å². The number of hydrogen-bond acceptors (Lipinski definition) is 2. The van der Waals surface area contributed by atoms with E-state index in [1.165, 1.54) is 0 Å². The van der Waals surface area contributed by atoms with Gasteiger partial charge in [0.2, 0.25) is 0 Å². The van der Waals surface area contributed by atoms with Crippen LogP contribution < -0.4 is 0 Å². The number of aromatic nitrogens is 1. The highest BCUT2D eigenvalue weighted by Gasteiger charge is 2.09. The summed E-state index contributed by atoms with van der Waals surface area (Å²) in [6, 6.07) is 7.19. The monoisotopic (exact) mass is 221 g/mol. The molecule has 0 bridgehead atoms. The van der Waals surface area contributed by atoms with Crippen LogP contribution in [0, 0.1) is 0 Å². The van der Waals surface area contributed by atoms with Gasteiger partial charge in [0.25, 0.3) is 0 Å². The van der Waals surface area contributed by atoms with Crippen molar-refractivity contribution in [3.63, 3.8) is 0 Å². The molecule has 0 spiro atoms. The van der Waals surface area contributed by atoms with Crippen LogP contribution in [0.15, 0.2) is 24.3 Å². The number of benzene rings is 1. The molecule has 78 valence electrons. The van der Waals surface area contributed by atoms with Crippen LogP contribution in [0.1, 0.15) is 25.5 Å². The third kappa shape index (κ3) is 1.90. The second-order valence-corrected chi connectivity index (χ2v) is 4.32. The Morgan fingerprint density at radius 2 is 2.00 bits per heavy atom. The van der Waals surface area contributed by atoms with Gasteiger partial charge >= 0.3 is 0 Å². The first-order valence-corrected chi connectivity index (χ1v) is 5.25. The molecule has 0 aliphatic heterocycles. The standard InChI is InChI=1S/C12H12ClNO/c1-7(2)12-11(15)5-8-3-4-9(13)6-10(8)14-12/h3-7,15H,1-2H3. The van der Waals surface area contributed by atoms with Crippen molar-refractivity contribution >= 4 is 22.5 Å². The van der Waals surface area contributed by atoms with Crippen LogP contribution in [0.5, 0.6) is 5.75 Å². The molecule has 1 heterocycles. The van der Waals surface area contributed by atoms with Gasteiger partial charge in [0.1, 0.15) is 5.75 Å². The smallest absolute Gasteiger partial charge is 0.137 e. The lowest BCUT2D eigenvalue weighted by atomic mass is 10.1. The molecule has 2 rings (SSSR count). The Balaban J connectivity index is 2.72. The first kappa shape index (κ1) is 10.2. The van der Waals surface area contributed by atoms with Crippen molar-refractivity contribution in [2.75, 3.05) is 0 Å². The number of aromatic hydroxyl groups is 1. The molecule has 0 amide bonds. The highest BCUT2D eigenvalue weighted by Crippen LogP contribution is 2.28. The topological polar surface area (TPSA) is 33.1 Å². The Hall–Kier alpha value is -1.28. The first-order valence-electron chi connectivity index (χ1n) is 4.87. The second-order valence-electron chi connectivity index (χ2n) is 3.88. The van der Waals surface area contributed by atoms with Crippen molar-refractivity contribution in [2.24, 2.45) is 0 Å². The summed E-state index contributed by atoms with van der Waals surface area (Å²) in [5.74, 6) is 0.452. The predicted octanol–water partition coefficient (Wildman–Crippen LogP) is 3.72. The SMILES string of the molecule is CC(C)c1nc2cc(Cl)ccc2cc1O. The van der Waals surface area contributed by atoms with Crippen LogP contribution in [0.2, 0.25) is 5.02 Å². The lowest BCUT2D eigenvalue weighted by molar-refractivity contribution is 0.461. The van der Waals surface area contributed by atoms with Gasteiger partial charge in [-0.15, -0.1) is 0 Å². The Bertz CT molecular complexity index is 508. The second kappa shape index (κ2) is 3.70. The Kier molecular flexibility index (Phi) is 2.53. The molecule has 0 atom stereocenters. The van der Waals surface area contributed by atoms with Crippen LogP contribution in [-0.2, 0) is 0 Å². The average molecular weight is 222 g/mol. The lowest BCUT2D eigenvalue weighted by Crippen LogP contribution is -1.93. The van der Waals surface area contributed by atoms with Crippen molar-refractivity contribution in [1.29, 1.82) is 0 Å². The van der Waals surface area contributed by atoms with Gasteiger partial charge in [-0.3, -0.25) is 0 Å². The zero-order chi connectivity index (χ0) is 11.0. The minimum Gasteiger partial charge on any atom is -0.506 e. The molecule has 0 saturated carbocycles. The maximum atomic E-state index is 9.75. The van der Waals surface area contributed by atoms with Gasteiger partial charge in [-0.1, -0.05) is 31.5 Å². The molecule has 0 saturated heterocycles. The third-order valence-electron chi connectivity index (χ3n) is 2.33. The minimum absolute atomic E-state index is 0.202. The summed E-state index contributed by atoms with van der Waals surface area (Å²) in [6.07, 6.45) is 0. The van der Waals surface area contributed by atoms with Gasteiger partial charge in [-0.25, -0.2) is 4.98 Å². The zero-order valence-corrected chi connectivity index (χ0v) is 9.42. The molecule has 1 N–H and O–H groups in total. The summed E-state index contributed by atoms with van der Waals surface area (Å²) in [5.41, 5.74) is 1.54. The lowest BCUT2D eigenvalue weighted by Gasteiger charge is -2.08. The number of pyridine rings is 1. The molecule has 0 fully saturated rings. The molecule has 1 aromatic heterocycles. The van der Waals surface area contributed by atoms with E-state index in [1.54, 1.807) is 12.1 Å². The maximum Gasteiger partial charge on any atom is 0.137 e. The Morgan fingerprint density at radius 1 is 1.27 bits per heavy atom. The van der Waals surface area contributed by atoms with Gasteiger partial charge in [0.15, 0.2) is 0 Å². The summed E-state index contributed by atoms with van der Waals surface area (Å²) in [5, 5.41) is 11.3. The van der Waals surface area contributed by atoms with Gasteiger partial charge in [0.05, 0.1) is 11.2 Å². The van der Waals surface area contributed by atoms with Crippen LogP contribution in [0.3, 0.4) is 0 Å². The number of fused-ring (bicyclic) bond motifs is 1. The Morgan fingerprint density at radius 3 is 2.67 bits per heavy atom. The van der Waals surface area contributed by atoms with E-state index in [1.807, 2.05) is 26.0 Å². The summed E-state index contributed by atoms with van der Waals surface area (Å²) in [4.78, 5) is 4.40. The van der Waals surface area contributed by atoms with Gasteiger partial charge < -0.3 is 5.11 Å². The van der Waals surface area contributed by atoms with Gasteiger partial charge in [-0.2, -0.15) is 0 Å². The van der Waals surface area contributed by atoms with E-state index < -0.39 is 0 Å². The van der Waals surface area contributed by atoms with E-state index in [0.717, 1.165) is 10.9 Å². The molecule has 2 nitrogen and oxygen atoms in total. The molecule has 0 unspecified atom stereocenters. The molecule has 15 heavy (non-hydrogen) atoms. The highest BCUT2D eigenvalue weighted by atomic mass is 35.5. The van der Waals surface area contributed by atoms with Gasteiger partial charge in [-0.05, 0) is 24.1 Å². The molecular weight excluding hydrogens is 210 g/mol. The molecule has 2 aromatic rings. The number of nitrogens with zero attached hydrogens (tertiary/aromatic N) is 1. The van der Waals surface area contributed by atoms with E-state index >= 15 is 0 Å². The normalized spacial score (nSPS) is 11.2. The fraction of sp³-hybridized carbons (Fsp3) is 0.250. The van der Waals surface area contributed by atoms with Crippen LogP contribution >= 0.6 is 11.6 Å². The van der Waals surface area contributed by atoms with Crippen molar-refractivity contribution in [3.8, 4) is 5.75 Å². The summed E-state index contributed by atoms with van der Waals surface area (Å²) in [6.45, 7) is 4.00. The highest BCUT2D eigenvalue weighted by molar-refractivity contribution is 6.31. The summed E-state index contributed by atoms with van der Waals surface area (Å²) in [7, 11) is 0. The summed E-state index contributed by atoms with van der Waals surface area (Å²) >= 11 is 5.89. The fourth-order valence-electron chi connectivity index (χ4n) is 1.57. The van der Waals surface area contributed by atoms with E-state index in [2.05, 4.69) is 4.98 Å². The number of hydrogen-bond donors (Lipinski definition) is 1. The molecule has 0 aliphatic carbocycles. The molecule has 0 radical (unpaired) electrons. The predicted molar refractivity (Wildman–Crippen MR) is 62.5 cm³/mol. The maximum absolute atomic E-state index is 9.75. The van der Waals surface area contributed by atoms with Crippen LogP contribution in [-0.4, -0.2) is 10.1 Å². The first-order chi connectivity index (χ1) is 7.08. The molecule has 1 aromatic carbocycles.